The van der Waals surface area contributed by atoms with Gasteiger partial charge in [0.2, 0.25) is 0 Å². The van der Waals surface area contributed by atoms with Crippen molar-refractivity contribution in [2.24, 2.45) is 0 Å². The van der Waals surface area contributed by atoms with Crippen LogP contribution in [-0.4, -0.2) is 23.3 Å². The van der Waals surface area contributed by atoms with E-state index in [2.05, 4.69) is 6.58 Å². The summed E-state index contributed by atoms with van der Waals surface area (Å²) in [4.78, 5) is 0. The van der Waals surface area contributed by atoms with E-state index < -0.39 is 7.12 Å². The average molecular weight is 206 g/mol. The lowest BCUT2D eigenvalue weighted by Crippen LogP contribution is -2.31. The maximum atomic E-state index is 9.02. The summed E-state index contributed by atoms with van der Waals surface area (Å²) >= 11 is 0. The van der Waals surface area contributed by atoms with E-state index in [1.165, 1.54) is 0 Å². The molecule has 4 heteroatoms. The van der Waals surface area contributed by atoms with Gasteiger partial charge in [-0.25, -0.2) is 0 Å². The van der Waals surface area contributed by atoms with Gasteiger partial charge in [-0.1, -0.05) is 18.7 Å². The highest BCUT2D eigenvalue weighted by molar-refractivity contribution is 6.59. The number of ether oxygens (including phenoxy) is 1. The monoisotopic (exact) mass is 206 g/mol. The second-order valence-corrected chi connectivity index (χ2v) is 3.45. The summed E-state index contributed by atoms with van der Waals surface area (Å²) in [5, 5.41) is 18.0. The fraction of sp³-hybridized carbons (Fsp3) is 0.273. The largest absolute Gasteiger partial charge is 0.488 e. The van der Waals surface area contributed by atoms with Crippen LogP contribution in [0.1, 0.15) is 12.5 Å². The molecule has 0 amide bonds. The molecule has 0 bridgehead atoms. The molecule has 1 aromatic rings. The van der Waals surface area contributed by atoms with Crippen LogP contribution in [0.4, 0.5) is 0 Å². The molecule has 0 aliphatic heterocycles. The third-order valence-electron chi connectivity index (χ3n) is 2.17. The summed E-state index contributed by atoms with van der Waals surface area (Å²) < 4.78 is 5.50. The molecule has 0 saturated heterocycles. The summed E-state index contributed by atoms with van der Waals surface area (Å²) in [6.07, 6.45) is 1.64. The zero-order chi connectivity index (χ0) is 11.4. The second-order valence-electron chi connectivity index (χ2n) is 3.45. The van der Waals surface area contributed by atoms with Crippen LogP contribution in [0.25, 0.3) is 0 Å². The quantitative estimate of drug-likeness (QED) is 0.561. The van der Waals surface area contributed by atoms with Gasteiger partial charge in [0, 0.05) is 0 Å². The van der Waals surface area contributed by atoms with Crippen LogP contribution in [0, 0.1) is 6.92 Å². The molecule has 0 saturated carbocycles. The fourth-order valence-electron chi connectivity index (χ4n) is 1.27. The zero-order valence-electron chi connectivity index (χ0n) is 8.97. The molecule has 0 heterocycles. The Morgan fingerprint density at radius 3 is 2.60 bits per heavy atom. The molecule has 0 fully saturated rings. The van der Waals surface area contributed by atoms with E-state index in [0.29, 0.717) is 11.2 Å². The van der Waals surface area contributed by atoms with Crippen LogP contribution in [-0.2, 0) is 0 Å². The Morgan fingerprint density at radius 1 is 1.47 bits per heavy atom. The summed E-state index contributed by atoms with van der Waals surface area (Å²) in [6.45, 7) is 7.31. The Hall–Kier alpha value is -1.26. The maximum Gasteiger partial charge on any atom is 0.488 e. The molecular formula is C11H15BO3. The van der Waals surface area contributed by atoms with Crippen LogP contribution in [0.2, 0.25) is 0 Å². The third-order valence-corrected chi connectivity index (χ3v) is 2.17. The molecular weight excluding hydrogens is 191 g/mol. The minimum absolute atomic E-state index is 0.0608. The molecule has 1 rings (SSSR count). The Balaban J connectivity index is 2.86. The minimum atomic E-state index is -1.43. The lowest BCUT2D eigenvalue weighted by Gasteiger charge is -2.12. The first-order valence-corrected chi connectivity index (χ1v) is 4.80. The first-order valence-electron chi connectivity index (χ1n) is 4.80. The van der Waals surface area contributed by atoms with Crippen molar-refractivity contribution < 1.29 is 14.8 Å². The van der Waals surface area contributed by atoms with Gasteiger partial charge in [-0.3, -0.25) is 0 Å². The van der Waals surface area contributed by atoms with E-state index in [0.717, 1.165) is 5.56 Å². The van der Waals surface area contributed by atoms with Crippen molar-refractivity contribution in [3.63, 3.8) is 0 Å². The number of benzene rings is 1. The van der Waals surface area contributed by atoms with Crippen molar-refractivity contribution in [1.29, 1.82) is 0 Å². The van der Waals surface area contributed by atoms with Crippen molar-refractivity contribution in [1.82, 2.24) is 0 Å². The first-order chi connectivity index (χ1) is 7.04. The van der Waals surface area contributed by atoms with Crippen LogP contribution < -0.4 is 10.2 Å². The van der Waals surface area contributed by atoms with Crippen molar-refractivity contribution in [3.05, 3.63) is 36.4 Å². The molecule has 0 aliphatic carbocycles. The van der Waals surface area contributed by atoms with Crippen LogP contribution in [0.3, 0.4) is 0 Å². The van der Waals surface area contributed by atoms with E-state index in [-0.39, 0.29) is 6.10 Å². The minimum Gasteiger partial charge on any atom is -0.487 e. The smallest absolute Gasteiger partial charge is 0.487 e. The molecule has 2 N–H and O–H groups in total. The Morgan fingerprint density at radius 2 is 2.13 bits per heavy atom. The van der Waals surface area contributed by atoms with E-state index in [1.807, 2.05) is 6.92 Å². The predicted octanol–water partition coefficient (Wildman–Crippen LogP) is 0.628. The second kappa shape index (κ2) is 5.00. The average Bonchev–Trinajstić information content (AvgIpc) is 2.17. The van der Waals surface area contributed by atoms with Crippen molar-refractivity contribution in [3.8, 4) is 5.75 Å². The zero-order valence-corrected chi connectivity index (χ0v) is 8.97. The molecule has 1 unspecified atom stereocenters. The van der Waals surface area contributed by atoms with E-state index in [4.69, 9.17) is 14.8 Å². The van der Waals surface area contributed by atoms with Gasteiger partial charge in [-0.15, -0.1) is 0 Å². The van der Waals surface area contributed by atoms with Crippen LogP contribution in [0.5, 0.6) is 5.75 Å². The van der Waals surface area contributed by atoms with Gasteiger partial charge in [0.25, 0.3) is 0 Å². The van der Waals surface area contributed by atoms with Gasteiger partial charge >= 0.3 is 7.12 Å². The molecule has 15 heavy (non-hydrogen) atoms. The van der Waals surface area contributed by atoms with Gasteiger partial charge in [0.05, 0.1) is 0 Å². The molecule has 1 aromatic carbocycles. The van der Waals surface area contributed by atoms with Gasteiger partial charge < -0.3 is 14.8 Å². The summed E-state index contributed by atoms with van der Waals surface area (Å²) in [5.41, 5.74) is 1.28. The van der Waals surface area contributed by atoms with E-state index in [9.17, 15) is 0 Å². The molecule has 0 aromatic heterocycles. The lowest BCUT2D eigenvalue weighted by atomic mass is 9.77. The number of hydrogen-bond donors (Lipinski definition) is 2. The summed E-state index contributed by atoms with van der Waals surface area (Å²) in [6, 6.07) is 5.13. The van der Waals surface area contributed by atoms with Crippen molar-refractivity contribution >= 4 is 12.6 Å². The standard InChI is InChI=1S/C11H15BO3/c1-4-9(3)15-10-5-6-11(12(13)14)8(2)7-10/h4-7,9,13-14H,1H2,2-3H3. The highest BCUT2D eigenvalue weighted by Crippen LogP contribution is 2.13. The Labute approximate surface area is 90.2 Å². The normalized spacial score (nSPS) is 12.0. The Bertz CT molecular complexity index is 350. The highest BCUT2D eigenvalue weighted by Gasteiger charge is 2.14. The van der Waals surface area contributed by atoms with Crippen LogP contribution in [0.15, 0.2) is 30.9 Å². The summed E-state index contributed by atoms with van der Waals surface area (Å²) in [7, 11) is -1.43. The van der Waals surface area contributed by atoms with Gasteiger partial charge in [-0.05, 0) is 37.0 Å². The van der Waals surface area contributed by atoms with Crippen molar-refractivity contribution in [2.45, 2.75) is 20.0 Å². The topological polar surface area (TPSA) is 49.7 Å². The molecule has 80 valence electrons. The van der Waals surface area contributed by atoms with E-state index in [1.54, 1.807) is 31.2 Å². The molecule has 3 nitrogen and oxygen atoms in total. The molecule has 0 spiro atoms. The molecule has 0 radical (unpaired) electrons. The molecule has 1 atom stereocenters. The van der Waals surface area contributed by atoms with Gasteiger partial charge in [0.15, 0.2) is 0 Å². The number of rotatable bonds is 4. The summed E-state index contributed by atoms with van der Waals surface area (Å²) in [5.74, 6) is 0.698. The lowest BCUT2D eigenvalue weighted by molar-refractivity contribution is 0.270. The number of aryl methyl sites for hydroxylation is 1. The van der Waals surface area contributed by atoms with Gasteiger partial charge in [-0.2, -0.15) is 0 Å². The fourth-order valence-corrected chi connectivity index (χ4v) is 1.27. The third kappa shape index (κ3) is 3.11. The highest BCUT2D eigenvalue weighted by atomic mass is 16.5. The molecule has 0 aliphatic rings. The first kappa shape index (κ1) is 11.8. The number of hydrogen-bond acceptors (Lipinski definition) is 3. The predicted molar refractivity (Wildman–Crippen MR) is 61.3 cm³/mol. The van der Waals surface area contributed by atoms with Gasteiger partial charge in [0.1, 0.15) is 11.9 Å². The van der Waals surface area contributed by atoms with E-state index >= 15 is 0 Å². The Kier molecular flexibility index (Phi) is 3.94. The maximum absolute atomic E-state index is 9.02. The van der Waals surface area contributed by atoms with Crippen molar-refractivity contribution in [2.75, 3.05) is 0 Å². The SMILES string of the molecule is C=CC(C)Oc1ccc(B(O)O)c(C)c1. The van der Waals surface area contributed by atoms with Crippen LogP contribution >= 0.6 is 0 Å².